The molecule has 0 N–H and O–H groups in total. The van der Waals surface area contributed by atoms with Gasteiger partial charge in [-0.3, -0.25) is 0 Å². The molecule has 3 nitrogen and oxygen atoms in total. The summed E-state index contributed by atoms with van der Waals surface area (Å²) in [5.41, 5.74) is 0. The first-order valence-electron chi connectivity index (χ1n) is 3.60. The van der Waals surface area contributed by atoms with Crippen LogP contribution in [-0.4, -0.2) is 24.7 Å². The summed E-state index contributed by atoms with van der Waals surface area (Å²) < 4.78 is 9.35. The smallest absolute Gasteiger partial charge is 0.433 e. The number of hydrogen-bond acceptors (Lipinski definition) is 3. The van der Waals surface area contributed by atoms with Gasteiger partial charge in [0.25, 0.3) is 0 Å². The van der Waals surface area contributed by atoms with Crippen LogP contribution < -0.4 is 0 Å². The molecule has 0 aliphatic carbocycles. The van der Waals surface area contributed by atoms with E-state index in [9.17, 15) is 4.79 Å². The van der Waals surface area contributed by atoms with E-state index in [2.05, 4.69) is 4.74 Å². The minimum Gasteiger partial charge on any atom is -0.433 e. The number of ether oxygens (including phenoxy) is 2. The Morgan fingerprint density at radius 3 is 2.73 bits per heavy atom. The summed E-state index contributed by atoms with van der Waals surface area (Å²) in [6.45, 7) is 3.94. The van der Waals surface area contributed by atoms with Gasteiger partial charge in [-0.05, 0) is 13.3 Å². The van der Waals surface area contributed by atoms with Gasteiger partial charge in [0.2, 0.25) is 0 Å². The highest BCUT2D eigenvalue weighted by atomic mass is 35.5. The van der Waals surface area contributed by atoms with Crippen LogP contribution in [0.1, 0.15) is 20.3 Å². The second-order valence-corrected chi connectivity index (χ2v) is 2.50. The van der Waals surface area contributed by atoms with E-state index in [0.717, 1.165) is 6.42 Å². The van der Waals surface area contributed by atoms with E-state index in [-0.39, 0.29) is 12.7 Å². The van der Waals surface area contributed by atoms with Crippen LogP contribution >= 0.6 is 11.6 Å². The van der Waals surface area contributed by atoms with Gasteiger partial charge in [0.15, 0.2) is 0 Å². The van der Waals surface area contributed by atoms with Gasteiger partial charge >= 0.3 is 6.16 Å². The highest BCUT2D eigenvalue weighted by Gasteiger charge is 2.07. The maximum absolute atomic E-state index is 10.7. The largest absolute Gasteiger partial charge is 0.508 e. The molecule has 0 bridgehead atoms. The SMILES string of the molecule is CC[C@H](C)OC(=O)OCCCl. The maximum Gasteiger partial charge on any atom is 0.508 e. The highest BCUT2D eigenvalue weighted by Crippen LogP contribution is 1.98. The summed E-state index contributed by atoms with van der Waals surface area (Å²) in [5, 5.41) is 0. The summed E-state index contributed by atoms with van der Waals surface area (Å²) in [6, 6.07) is 0. The first kappa shape index (κ1) is 10.6. The molecule has 0 unspecified atom stereocenters. The third-order valence-corrected chi connectivity index (χ3v) is 1.32. The van der Waals surface area contributed by atoms with Crippen LogP contribution in [0.3, 0.4) is 0 Å². The van der Waals surface area contributed by atoms with E-state index in [1.807, 2.05) is 13.8 Å². The van der Waals surface area contributed by atoms with E-state index in [1.165, 1.54) is 0 Å². The molecule has 0 saturated carbocycles. The summed E-state index contributed by atoms with van der Waals surface area (Å²) in [4.78, 5) is 10.7. The standard InChI is InChI=1S/C7H13ClO3/c1-3-6(2)11-7(9)10-5-4-8/h6H,3-5H2,1-2H3/t6-/m0/s1. The fraction of sp³-hybridized carbons (Fsp3) is 0.857. The number of hydrogen-bond donors (Lipinski definition) is 0. The molecule has 1 atom stereocenters. The van der Waals surface area contributed by atoms with Gasteiger partial charge in [0.05, 0.1) is 5.88 Å². The Bertz CT molecular complexity index is 116. The summed E-state index contributed by atoms with van der Waals surface area (Å²) >= 11 is 5.28. The fourth-order valence-electron chi connectivity index (χ4n) is 0.404. The molecule has 4 heteroatoms. The van der Waals surface area contributed by atoms with Crippen molar-refractivity contribution in [1.82, 2.24) is 0 Å². The predicted molar refractivity (Wildman–Crippen MR) is 42.9 cm³/mol. The molecule has 0 saturated heterocycles. The van der Waals surface area contributed by atoms with Crippen LogP contribution in [0.25, 0.3) is 0 Å². The Hall–Kier alpha value is -0.440. The van der Waals surface area contributed by atoms with Gasteiger partial charge in [-0.25, -0.2) is 4.79 Å². The molecule has 66 valence electrons. The minimum atomic E-state index is -0.639. The van der Waals surface area contributed by atoms with E-state index in [1.54, 1.807) is 0 Å². The Morgan fingerprint density at radius 1 is 1.64 bits per heavy atom. The van der Waals surface area contributed by atoms with Crippen molar-refractivity contribution >= 4 is 17.8 Å². The van der Waals surface area contributed by atoms with Gasteiger partial charge in [-0.2, -0.15) is 0 Å². The van der Waals surface area contributed by atoms with Gasteiger partial charge in [-0.1, -0.05) is 6.92 Å². The van der Waals surface area contributed by atoms with Crippen LogP contribution in [0.5, 0.6) is 0 Å². The fourth-order valence-corrected chi connectivity index (χ4v) is 0.481. The summed E-state index contributed by atoms with van der Waals surface area (Å²) in [6.07, 6.45) is 0.0634. The summed E-state index contributed by atoms with van der Waals surface area (Å²) in [5.74, 6) is 0.301. The molecule has 0 aromatic rings. The van der Waals surface area contributed by atoms with Gasteiger partial charge < -0.3 is 9.47 Å². The van der Waals surface area contributed by atoms with Crippen molar-refractivity contribution < 1.29 is 14.3 Å². The third-order valence-electron chi connectivity index (χ3n) is 1.17. The Balaban J connectivity index is 3.36. The normalized spacial score (nSPS) is 12.3. The third kappa shape index (κ3) is 5.98. The second-order valence-electron chi connectivity index (χ2n) is 2.12. The average molecular weight is 181 g/mol. The van der Waals surface area contributed by atoms with Crippen molar-refractivity contribution in [2.45, 2.75) is 26.4 Å². The van der Waals surface area contributed by atoms with Crippen molar-refractivity contribution in [1.29, 1.82) is 0 Å². The Morgan fingerprint density at radius 2 is 2.27 bits per heavy atom. The minimum absolute atomic E-state index is 0.0853. The van der Waals surface area contributed by atoms with Crippen LogP contribution in [0, 0.1) is 0 Å². The molecule has 0 rings (SSSR count). The van der Waals surface area contributed by atoms with Crippen molar-refractivity contribution in [3.63, 3.8) is 0 Å². The molecule has 11 heavy (non-hydrogen) atoms. The average Bonchev–Trinajstić information content (AvgIpc) is 2.00. The number of halogens is 1. The van der Waals surface area contributed by atoms with Crippen molar-refractivity contribution in [3.05, 3.63) is 0 Å². The molecular formula is C7H13ClO3. The molecule has 0 fully saturated rings. The molecular weight excluding hydrogens is 168 g/mol. The monoisotopic (exact) mass is 180 g/mol. The van der Waals surface area contributed by atoms with Crippen molar-refractivity contribution in [2.24, 2.45) is 0 Å². The lowest BCUT2D eigenvalue weighted by atomic mass is 10.3. The predicted octanol–water partition coefficient (Wildman–Crippen LogP) is 2.18. The molecule has 0 amide bonds. The zero-order valence-electron chi connectivity index (χ0n) is 6.80. The number of rotatable bonds is 4. The lowest BCUT2D eigenvalue weighted by Gasteiger charge is -2.09. The zero-order chi connectivity index (χ0) is 8.69. The van der Waals surface area contributed by atoms with E-state index in [0.29, 0.717) is 5.88 Å². The molecule has 0 aliphatic heterocycles. The number of alkyl halides is 1. The van der Waals surface area contributed by atoms with Crippen LogP contribution in [0.2, 0.25) is 0 Å². The highest BCUT2D eigenvalue weighted by molar-refractivity contribution is 6.18. The van der Waals surface area contributed by atoms with E-state index in [4.69, 9.17) is 16.3 Å². The maximum atomic E-state index is 10.7. The topological polar surface area (TPSA) is 35.5 Å². The van der Waals surface area contributed by atoms with Crippen LogP contribution in [-0.2, 0) is 9.47 Å². The molecule has 0 aliphatic rings. The number of carbonyl (C=O) groups excluding carboxylic acids is 1. The van der Waals surface area contributed by atoms with Crippen LogP contribution in [0.4, 0.5) is 4.79 Å². The number of carbonyl (C=O) groups is 1. The van der Waals surface area contributed by atoms with E-state index >= 15 is 0 Å². The zero-order valence-corrected chi connectivity index (χ0v) is 7.56. The lowest BCUT2D eigenvalue weighted by molar-refractivity contribution is 0.0316. The first-order chi connectivity index (χ1) is 5.20. The summed E-state index contributed by atoms with van der Waals surface area (Å²) in [7, 11) is 0. The Labute approximate surface area is 71.6 Å². The van der Waals surface area contributed by atoms with Crippen LogP contribution in [0.15, 0.2) is 0 Å². The molecule has 0 heterocycles. The first-order valence-corrected chi connectivity index (χ1v) is 4.13. The van der Waals surface area contributed by atoms with Crippen molar-refractivity contribution in [3.8, 4) is 0 Å². The molecule has 0 radical (unpaired) electrons. The molecule has 0 aromatic heterocycles. The molecule has 0 spiro atoms. The van der Waals surface area contributed by atoms with E-state index < -0.39 is 6.16 Å². The molecule has 0 aromatic carbocycles. The second kappa shape index (κ2) is 6.28. The quantitative estimate of drug-likeness (QED) is 0.492. The van der Waals surface area contributed by atoms with Gasteiger partial charge in [-0.15, -0.1) is 11.6 Å². The lowest BCUT2D eigenvalue weighted by Crippen LogP contribution is -2.15. The Kier molecular flexibility index (Phi) is 6.03. The van der Waals surface area contributed by atoms with Gasteiger partial charge in [0, 0.05) is 0 Å². The van der Waals surface area contributed by atoms with Crippen molar-refractivity contribution in [2.75, 3.05) is 12.5 Å². The van der Waals surface area contributed by atoms with Gasteiger partial charge in [0.1, 0.15) is 12.7 Å².